The van der Waals surface area contributed by atoms with Gasteiger partial charge in [-0.15, -0.1) is 0 Å². The predicted molar refractivity (Wildman–Crippen MR) is 49.8 cm³/mol. The largest absolute Gasteiger partial charge is 0.334 e. The Morgan fingerprint density at radius 2 is 2.07 bits per heavy atom. The summed E-state index contributed by atoms with van der Waals surface area (Å²) in [7, 11) is 0. The van der Waals surface area contributed by atoms with E-state index in [9.17, 15) is 4.79 Å². The number of hydrogen-bond donors (Lipinski definition) is 0. The van der Waals surface area contributed by atoms with Crippen LogP contribution in [0.4, 0.5) is 0 Å². The molecule has 0 unspecified atom stereocenters. The van der Waals surface area contributed by atoms with E-state index >= 15 is 0 Å². The Morgan fingerprint density at radius 1 is 1.33 bits per heavy atom. The van der Waals surface area contributed by atoms with Crippen molar-refractivity contribution in [2.24, 2.45) is 0 Å². The lowest BCUT2D eigenvalue weighted by atomic mass is 10.1. The van der Waals surface area contributed by atoms with Crippen molar-refractivity contribution in [3.05, 3.63) is 35.7 Å². The van der Waals surface area contributed by atoms with Gasteiger partial charge in [-0.05, 0) is 24.3 Å². The van der Waals surface area contributed by atoms with E-state index in [0.29, 0.717) is 17.4 Å². The average molecular weight is 199 g/mol. The van der Waals surface area contributed by atoms with Gasteiger partial charge in [-0.1, -0.05) is 5.16 Å². The third kappa shape index (κ3) is 1.74. The Balaban J connectivity index is 2.37. The number of benzene rings is 1. The summed E-state index contributed by atoms with van der Waals surface area (Å²) < 4.78 is 4.84. The lowest BCUT2D eigenvalue weighted by Crippen LogP contribution is -1.82. The molecule has 1 aromatic heterocycles. The molecule has 2 rings (SSSR count). The first-order valence-electron chi connectivity index (χ1n) is 4.13. The molecule has 0 spiro atoms. The fourth-order valence-electron chi connectivity index (χ4n) is 1.09. The average Bonchev–Trinajstić information content (AvgIpc) is 2.78. The Morgan fingerprint density at radius 3 is 2.60 bits per heavy atom. The number of aromatic nitrogens is 2. The van der Waals surface area contributed by atoms with Gasteiger partial charge in [-0.3, -0.25) is 4.79 Å². The van der Waals surface area contributed by atoms with Crippen LogP contribution >= 0.6 is 0 Å². The van der Waals surface area contributed by atoms with Crippen LogP contribution < -0.4 is 0 Å². The molecule has 15 heavy (non-hydrogen) atoms. The normalized spacial score (nSPS) is 9.53. The van der Waals surface area contributed by atoms with E-state index in [0.717, 1.165) is 0 Å². The number of carbonyl (C=O) groups is 1. The van der Waals surface area contributed by atoms with Crippen molar-refractivity contribution < 1.29 is 9.32 Å². The topological polar surface area (TPSA) is 79.8 Å². The molecule has 72 valence electrons. The summed E-state index contributed by atoms with van der Waals surface area (Å²) in [6, 6.07) is 8.64. The Kier molecular flexibility index (Phi) is 2.25. The molecule has 0 aliphatic heterocycles. The third-order valence-electron chi connectivity index (χ3n) is 1.81. The molecular weight excluding hydrogens is 194 g/mol. The van der Waals surface area contributed by atoms with E-state index in [1.807, 2.05) is 6.07 Å². The summed E-state index contributed by atoms with van der Waals surface area (Å²) in [6.07, 6.45) is 0.511. The highest BCUT2D eigenvalue weighted by Gasteiger charge is 2.07. The van der Waals surface area contributed by atoms with Gasteiger partial charge in [0.15, 0.2) is 6.29 Å². The van der Waals surface area contributed by atoms with Crippen LogP contribution in [0.25, 0.3) is 11.5 Å². The minimum absolute atomic E-state index is 0.00867. The maximum Gasteiger partial charge on any atom is 0.258 e. The number of rotatable bonds is 2. The molecule has 5 heteroatoms. The molecule has 0 N–H and O–H groups in total. The zero-order valence-corrected chi connectivity index (χ0v) is 7.54. The zero-order valence-electron chi connectivity index (χ0n) is 7.54. The van der Waals surface area contributed by atoms with Crippen LogP contribution in [0.1, 0.15) is 16.2 Å². The smallest absolute Gasteiger partial charge is 0.258 e. The molecule has 0 fully saturated rings. The number of nitriles is 1. The minimum atomic E-state index is 0.00867. The molecule has 0 amide bonds. The highest BCUT2D eigenvalue weighted by Crippen LogP contribution is 2.16. The molecule has 2 aromatic rings. The van der Waals surface area contributed by atoms with Crippen LogP contribution in [0, 0.1) is 11.3 Å². The molecule has 5 nitrogen and oxygen atoms in total. The molecule has 0 radical (unpaired) electrons. The minimum Gasteiger partial charge on any atom is -0.334 e. The van der Waals surface area contributed by atoms with Crippen molar-refractivity contribution in [2.45, 2.75) is 0 Å². The summed E-state index contributed by atoms with van der Waals surface area (Å²) in [4.78, 5) is 14.1. The summed E-state index contributed by atoms with van der Waals surface area (Å²) in [5.41, 5.74) is 1.23. The maximum atomic E-state index is 10.3. The fourth-order valence-corrected chi connectivity index (χ4v) is 1.09. The van der Waals surface area contributed by atoms with Crippen molar-refractivity contribution in [2.75, 3.05) is 0 Å². The molecule has 1 aromatic carbocycles. The first-order chi connectivity index (χ1) is 7.33. The maximum absolute atomic E-state index is 10.3. The number of carbonyl (C=O) groups excluding carboxylic acids is 1. The van der Waals surface area contributed by atoms with Gasteiger partial charge >= 0.3 is 0 Å². The molecule has 0 saturated heterocycles. The molecule has 0 aliphatic carbocycles. The van der Waals surface area contributed by atoms with Crippen LogP contribution in [0.2, 0.25) is 0 Å². The first-order valence-corrected chi connectivity index (χ1v) is 4.13. The first kappa shape index (κ1) is 9.09. The molecular formula is C10H5N3O2. The number of aldehydes is 1. The molecule has 0 saturated carbocycles. The number of nitrogens with zero attached hydrogens (tertiary/aromatic N) is 3. The highest BCUT2D eigenvalue weighted by molar-refractivity contribution is 5.69. The quantitative estimate of drug-likeness (QED) is 0.683. The van der Waals surface area contributed by atoms with Gasteiger partial charge in [-0.25, -0.2) is 0 Å². The summed E-state index contributed by atoms with van der Waals surface area (Å²) in [5, 5.41) is 12.0. The van der Waals surface area contributed by atoms with E-state index in [1.54, 1.807) is 24.3 Å². The van der Waals surface area contributed by atoms with Crippen molar-refractivity contribution in [3.63, 3.8) is 0 Å². The Hall–Kier alpha value is -2.48. The standard InChI is InChI=1S/C10H5N3O2/c11-5-7-1-3-8(4-2-7)10-12-9(6-14)13-15-10/h1-4,6H. The van der Waals surface area contributed by atoms with Crippen LogP contribution in [-0.2, 0) is 0 Å². The second-order valence-electron chi connectivity index (χ2n) is 2.76. The van der Waals surface area contributed by atoms with Gasteiger partial charge in [0.1, 0.15) is 0 Å². The van der Waals surface area contributed by atoms with E-state index in [-0.39, 0.29) is 11.7 Å². The molecule has 0 atom stereocenters. The Bertz CT molecular complexity index is 522. The van der Waals surface area contributed by atoms with Crippen LogP contribution in [-0.4, -0.2) is 16.4 Å². The second-order valence-corrected chi connectivity index (χ2v) is 2.76. The van der Waals surface area contributed by atoms with Crippen molar-refractivity contribution in [1.82, 2.24) is 10.1 Å². The number of hydrogen-bond acceptors (Lipinski definition) is 5. The van der Waals surface area contributed by atoms with Gasteiger partial charge in [0.25, 0.3) is 5.89 Å². The molecule has 0 aliphatic rings. The van der Waals surface area contributed by atoms with Crippen LogP contribution in [0.3, 0.4) is 0 Å². The van der Waals surface area contributed by atoms with Gasteiger partial charge in [0.05, 0.1) is 11.6 Å². The summed E-state index contributed by atoms with van der Waals surface area (Å²) in [5.74, 6) is 0.274. The highest BCUT2D eigenvalue weighted by atomic mass is 16.5. The fraction of sp³-hybridized carbons (Fsp3) is 0. The van der Waals surface area contributed by atoms with Crippen molar-refractivity contribution >= 4 is 6.29 Å². The predicted octanol–water partition coefficient (Wildman–Crippen LogP) is 1.42. The van der Waals surface area contributed by atoms with Gasteiger partial charge in [-0.2, -0.15) is 10.2 Å². The molecule has 0 bridgehead atoms. The van der Waals surface area contributed by atoms with Gasteiger partial charge in [0, 0.05) is 5.56 Å². The van der Waals surface area contributed by atoms with Gasteiger partial charge in [0.2, 0.25) is 5.82 Å². The van der Waals surface area contributed by atoms with E-state index in [2.05, 4.69) is 10.1 Å². The lowest BCUT2D eigenvalue weighted by Gasteiger charge is -1.92. The van der Waals surface area contributed by atoms with Crippen molar-refractivity contribution in [3.8, 4) is 17.5 Å². The van der Waals surface area contributed by atoms with Crippen LogP contribution in [0.15, 0.2) is 28.8 Å². The molecule has 1 heterocycles. The summed E-state index contributed by atoms with van der Waals surface area (Å²) in [6.45, 7) is 0. The summed E-state index contributed by atoms with van der Waals surface area (Å²) >= 11 is 0. The van der Waals surface area contributed by atoms with Crippen LogP contribution in [0.5, 0.6) is 0 Å². The van der Waals surface area contributed by atoms with E-state index in [1.165, 1.54) is 0 Å². The SMILES string of the molecule is N#Cc1ccc(-c2nc(C=O)no2)cc1. The zero-order chi connectivity index (χ0) is 10.7. The van der Waals surface area contributed by atoms with E-state index < -0.39 is 0 Å². The van der Waals surface area contributed by atoms with Crippen molar-refractivity contribution in [1.29, 1.82) is 5.26 Å². The Labute approximate surface area is 85.0 Å². The third-order valence-corrected chi connectivity index (χ3v) is 1.81. The van der Waals surface area contributed by atoms with Gasteiger partial charge < -0.3 is 4.52 Å². The lowest BCUT2D eigenvalue weighted by molar-refractivity contribution is 0.111. The second kappa shape index (κ2) is 3.72. The van der Waals surface area contributed by atoms with E-state index in [4.69, 9.17) is 9.78 Å². The monoisotopic (exact) mass is 199 g/mol.